The maximum Gasteiger partial charge on any atom is 0.0455 e. The zero-order valence-electron chi connectivity index (χ0n) is 13.1. The minimum Gasteiger partial charge on any atom is -0.385 e. The predicted molar refractivity (Wildman–Crippen MR) is 96.2 cm³/mol. The molecule has 0 fully saturated rings. The molecule has 1 N–H and O–H groups in total. The van der Waals surface area contributed by atoms with Crippen molar-refractivity contribution in [2.75, 3.05) is 11.9 Å². The Hall–Kier alpha value is -2.54. The molecule has 1 heteroatoms. The fraction of sp³-hybridized carbons (Fsp3) is 0.143. The standard InChI is InChI=1S/C21H21N/c1-3-22-21-16(2)14-15-19(17-10-6-4-7-11-17)20(21)18-12-8-5-9-13-18/h4-15,22H,3H2,1-2H3. The lowest BCUT2D eigenvalue weighted by molar-refractivity contribution is 1.20. The van der Waals surface area contributed by atoms with Gasteiger partial charge in [-0.25, -0.2) is 0 Å². The van der Waals surface area contributed by atoms with Crippen molar-refractivity contribution in [3.63, 3.8) is 0 Å². The van der Waals surface area contributed by atoms with Crippen molar-refractivity contribution in [2.45, 2.75) is 13.8 Å². The minimum atomic E-state index is 0.916. The van der Waals surface area contributed by atoms with Crippen molar-refractivity contribution in [2.24, 2.45) is 0 Å². The first-order valence-electron chi connectivity index (χ1n) is 7.79. The second-order valence-corrected chi connectivity index (χ2v) is 5.44. The Morgan fingerprint density at radius 1 is 0.727 bits per heavy atom. The molecule has 1 nitrogen and oxygen atoms in total. The maximum absolute atomic E-state index is 3.55. The van der Waals surface area contributed by atoms with E-state index >= 15 is 0 Å². The third-order valence-electron chi connectivity index (χ3n) is 3.91. The van der Waals surface area contributed by atoms with Crippen LogP contribution in [-0.2, 0) is 0 Å². The fourth-order valence-corrected chi connectivity index (χ4v) is 2.87. The molecule has 0 aromatic heterocycles. The third-order valence-corrected chi connectivity index (χ3v) is 3.91. The molecule has 0 aliphatic heterocycles. The zero-order chi connectivity index (χ0) is 15.4. The summed E-state index contributed by atoms with van der Waals surface area (Å²) in [6.07, 6.45) is 0. The van der Waals surface area contributed by atoms with Gasteiger partial charge in [0.25, 0.3) is 0 Å². The lowest BCUT2D eigenvalue weighted by atomic mass is 9.91. The molecule has 0 spiro atoms. The van der Waals surface area contributed by atoms with E-state index in [0.717, 1.165) is 6.54 Å². The van der Waals surface area contributed by atoms with Crippen LogP contribution in [0, 0.1) is 6.92 Å². The van der Waals surface area contributed by atoms with Crippen molar-refractivity contribution in [3.05, 3.63) is 78.4 Å². The quantitative estimate of drug-likeness (QED) is 0.643. The van der Waals surface area contributed by atoms with E-state index in [9.17, 15) is 0 Å². The van der Waals surface area contributed by atoms with E-state index in [1.807, 2.05) is 0 Å². The molecule has 110 valence electrons. The predicted octanol–water partition coefficient (Wildman–Crippen LogP) is 5.76. The molecule has 0 unspecified atom stereocenters. The highest BCUT2D eigenvalue weighted by Gasteiger charge is 2.14. The van der Waals surface area contributed by atoms with Gasteiger partial charge in [0.15, 0.2) is 0 Å². The lowest BCUT2D eigenvalue weighted by Gasteiger charge is -2.19. The van der Waals surface area contributed by atoms with Crippen molar-refractivity contribution in [1.29, 1.82) is 0 Å². The summed E-state index contributed by atoms with van der Waals surface area (Å²) in [6, 6.07) is 25.7. The van der Waals surface area contributed by atoms with E-state index < -0.39 is 0 Å². The average molecular weight is 287 g/mol. The molecule has 0 aliphatic rings. The Kier molecular flexibility index (Phi) is 4.24. The smallest absolute Gasteiger partial charge is 0.0455 e. The molecule has 0 aliphatic carbocycles. The van der Waals surface area contributed by atoms with Crippen LogP contribution in [0.5, 0.6) is 0 Å². The minimum absolute atomic E-state index is 0.916. The van der Waals surface area contributed by atoms with Gasteiger partial charge in [-0.2, -0.15) is 0 Å². The van der Waals surface area contributed by atoms with E-state index in [1.54, 1.807) is 0 Å². The second kappa shape index (κ2) is 6.48. The Morgan fingerprint density at radius 2 is 1.32 bits per heavy atom. The third kappa shape index (κ3) is 2.75. The Labute approximate surface area is 132 Å². The van der Waals surface area contributed by atoms with Gasteiger partial charge in [0.2, 0.25) is 0 Å². The summed E-state index contributed by atoms with van der Waals surface area (Å²) in [5.74, 6) is 0. The van der Waals surface area contributed by atoms with Crippen molar-refractivity contribution >= 4 is 5.69 Å². The van der Waals surface area contributed by atoms with Gasteiger partial charge in [-0.15, -0.1) is 0 Å². The molecule has 3 aromatic rings. The van der Waals surface area contributed by atoms with Crippen LogP contribution in [0.25, 0.3) is 22.3 Å². The first kappa shape index (κ1) is 14.4. The number of nitrogens with one attached hydrogen (secondary N) is 1. The summed E-state index contributed by atoms with van der Waals surface area (Å²) in [5.41, 5.74) is 7.57. The lowest BCUT2D eigenvalue weighted by Crippen LogP contribution is -2.02. The molecule has 0 heterocycles. The van der Waals surface area contributed by atoms with Gasteiger partial charge < -0.3 is 5.32 Å². The topological polar surface area (TPSA) is 12.0 Å². The molecule has 22 heavy (non-hydrogen) atoms. The molecule has 0 saturated carbocycles. The number of benzene rings is 3. The molecular formula is C21H21N. The summed E-state index contributed by atoms with van der Waals surface area (Å²) in [6.45, 7) is 5.22. The zero-order valence-corrected chi connectivity index (χ0v) is 13.1. The van der Waals surface area contributed by atoms with Gasteiger partial charge in [-0.05, 0) is 36.1 Å². The monoisotopic (exact) mass is 287 g/mol. The number of anilines is 1. The first-order chi connectivity index (χ1) is 10.8. The van der Waals surface area contributed by atoms with Crippen LogP contribution < -0.4 is 5.32 Å². The largest absolute Gasteiger partial charge is 0.385 e. The van der Waals surface area contributed by atoms with Gasteiger partial charge >= 0.3 is 0 Å². The van der Waals surface area contributed by atoms with Crippen LogP contribution in [0.3, 0.4) is 0 Å². The normalized spacial score (nSPS) is 10.5. The maximum atomic E-state index is 3.55. The van der Waals surface area contributed by atoms with E-state index in [1.165, 1.54) is 33.5 Å². The summed E-state index contributed by atoms with van der Waals surface area (Å²) in [7, 11) is 0. The molecule has 3 aromatic carbocycles. The van der Waals surface area contributed by atoms with Gasteiger partial charge in [0.1, 0.15) is 0 Å². The molecule has 0 amide bonds. The summed E-state index contributed by atoms with van der Waals surface area (Å²) >= 11 is 0. The van der Waals surface area contributed by atoms with Crippen molar-refractivity contribution in [3.8, 4) is 22.3 Å². The Balaban J connectivity index is 2.29. The molecule has 0 saturated heterocycles. The fourth-order valence-electron chi connectivity index (χ4n) is 2.87. The van der Waals surface area contributed by atoms with Crippen LogP contribution in [0.4, 0.5) is 5.69 Å². The number of hydrogen-bond acceptors (Lipinski definition) is 1. The second-order valence-electron chi connectivity index (χ2n) is 5.44. The number of aryl methyl sites for hydroxylation is 1. The number of hydrogen-bond donors (Lipinski definition) is 1. The molecular weight excluding hydrogens is 266 g/mol. The molecule has 0 radical (unpaired) electrons. The van der Waals surface area contributed by atoms with Gasteiger partial charge in [-0.3, -0.25) is 0 Å². The highest BCUT2D eigenvalue weighted by Crippen LogP contribution is 2.39. The van der Waals surface area contributed by atoms with Crippen molar-refractivity contribution in [1.82, 2.24) is 0 Å². The van der Waals surface area contributed by atoms with Gasteiger partial charge in [-0.1, -0.05) is 72.8 Å². The van der Waals surface area contributed by atoms with Crippen LogP contribution in [0.1, 0.15) is 12.5 Å². The average Bonchev–Trinajstić information content (AvgIpc) is 2.58. The molecule has 0 atom stereocenters. The SMILES string of the molecule is CCNc1c(C)ccc(-c2ccccc2)c1-c1ccccc1. The van der Waals surface area contributed by atoms with Gasteiger partial charge in [0, 0.05) is 17.8 Å². The van der Waals surface area contributed by atoms with Crippen LogP contribution >= 0.6 is 0 Å². The highest BCUT2D eigenvalue weighted by atomic mass is 14.9. The Bertz CT molecular complexity index is 746. The van der Waals surface area contributed by atoms with Crippen molar-refractivity contribution < 1.29 is 0 Å². The van der Waals surface area contributed by atoms with E-state index in [-0.39, 0.29) is 0 Å². The van der Waals surface area contributed by atoms with Crippen LogP contribution in [-0.4, -0.2) is 6.54 Å². The highest BCUT2D eigenvalue weighted by molar-refractivity contribution is 5.93. The summed E-state index contributed by atoms with van der Waals surface area (Å²) < 4.78 is 0. The summed E-state index contributed by atoms with van der Waals surface area (Å²) in [5, 5.41) is 3.55. The molecule has 0 bridgehead atoms. The Morgan fingerprint density at radius 3 is 1.91 bits per heavy atom. The first-order valence-corrected chi connectivity index (χ1v) is 7.79. The van der Waals surface area contributed by atoms with Crippen LogP contribution in [0.15, 0.2) is 72.8 Å². The van der Waals surface area contributed by atoms with E-state index in [4.69, 9.17) is 0 Å². The van der Waals surface area contributed by atoms with Gasteiger partial charge in [0.05, 0.1) is 0 Å². The summed E-state index contributed by atoms with van der Waals surface area (Å²) in [4.78, 5) is 0. The number of rotatable bonds is 4. The van der Waals surface area contributed by atoms with E-state index in [2.05, 4.69) is 92.0 Å². The van der Waals surface area contributed by atoms with E-state index in [0.29, 0.717) is 0 Å². The van der Waals surface area contributed by atoms with Crippen LogP contribution in [0.2, 0.25) is 0 Å². The molecule has 3 rings (SSSR count).